The second-order valence-corrected chi connectivity index (χ2v) is 10.4. The minimum atomic E-state index is -0.416. The van der Waals surface area contributed by atoms with Crippen LogP contribution in [0.5, 0.6) is 0 Å². The first-order valence-electron chi connectivity index (χ1n) is 10.4. The van der Waals surface area contributed by atoms with Gasteiger partial charge in [0.25, 0.3) is 0 Å². The lowest BCUT2D eigenvalue weighted by molar-refractivity contribution is -0.108. The van der Waals surface area contributed by atoms with Gasteiger partial charge in [0.2, 0.25) is 0 Å². The first kappa shape index (κ1) is 18.0. The van der Waals surface area contributed by atoms with E-state index in [0.29, 0.717) is 23.7 Å². The molecule has 0 amide bonds. The van der Waals surface area contributed by atoms with Crippen LogP contribution in [-0.2, 0) is 0 Å². The van der Waals surface area contributed by atoms with Gasteiger partial charge in [0, 0.05) is 0 Å². The Balaban J connectivity index is 1.71. The number of rotatable bonds is 1. The number of fused-ring (bicyclic) bond motifs is 5. The monoisotopic (exact) mass is 348 g/mol. The van der Waals surface area contributed by atoms with Crippen molar-refractivity contribution in [1.82, 2.24) is 0 Å². The molecule has 3 N–H and O–H groups in total. The molecule has 3 saturated carbocycles. The normalized spacial score (nSPS) is 55.4. The zero-order valence-electron chi connectivity index (χ0n) is 16.3. The molecule has 142 valence electrons. The first-order valence-corrected chi connectivity index (χ1v) is 10.4. The first-order chi connectivity index (χ1) is 11.7. The van der Waals surface area contributed by atoms with E-state index in [4.69, 9.17) is 0 Å². The van der Waals surface area contributed by atoms with Crippen LogP contribution in [0.1, 0.15) is 66.2 Å². The zero-order chi connectivity index (χ0) is 18.1. The molecule has 0 heterocycles. The molecule has 3 fully saturated rings. The highest BCUT2D eigenvalue weighted by molar-refractivity contribution is 5.28. The third-order valence-electron chi connectivity index (χ3n) is 9.00. The molecule has 4 aliphatic rings. The minimum Gasteiger partial charge on any atom is -0.393 e. The van der Waals surface area contributed by atoms with E-state index in [2.05, 4.69) is 33.8 Å². The molecule has 3 heteroatoms. The van der Waals surface area contributed by atoms with E-state index in [0.717, 1.165) is 38.5 Å². The van der Waals surface area contributed by atoms with Crippen LogP contribution in [-0.4, -0.2) is 33.6 Å². The Morgan fingerprint density at radius 1 is 1.04 bits per heavy atom. The SMILES string of the molecule is CC(C)[C@@H]1C[C@H]2[C@@H]3[C@@H](O)C=C4C[C@H](O)CC[C@]4(C)[C@H]3CC[C@]2(C)[C@H]1O. The maximum atomic E-state index is 11.1. The van der Waals surface area contributed by atoms with Crippen LogP contribution < -0.4 is 0 Å². The van der Waals surface area contributed by atoms with Crippen molar-refractivity contribution in [2.24, 2.45) is 40.4 Å². The van der Waals surface area contributed by atoms with Gasteiger partial charge in [-0.2, -0.15) is 0 Å². The molecule has 0 radical (unpaired) electrons. The van der Waals surface area contributed by atoms with Gasteiger partial charge in [-0.1, -0.05) is 39.3 Å². The Hall–Kier alpha value is -0.380. The summed E-state index contributed by atoms with van der Waals surface area (Å²) in [5, 5.41) is 32.3. The predicted octanol–water partition coefficient (Wildman–Crippen LogP) is 3.52. The fourth-order valence-corrected chi connectivity index (χ4v) is 7.34. The van der Waals surface area contributed by atoms with Gasteiger partial charge >= 0.3 is 0 Å². The summed E-state index contributed by atoms with van der Waals surface area (Å²) in [6, 6.07) is 0. The van der Waals surface area contributed by atoms with Gasteiger partial charge in [-0.3, -0.25) is 0 Å². The van der Waals surface area contributed by atoms with E-state index >= 15 is 0 Å². The van der Waals surface area contributed by atoms with Crippen LogP contribution >= 0.6 is 0 Å². The number of aliphatic hydroxyl groups is 3. The maximum absolute atomic E-state index is 11.1. The number of hydrogen-bond donors (Lipinski definition) is 3. The van der Waals surface area contributed by atoms with Gasteiger partial charge in [0.15, 0.2) is 0 Å². The molecule has 0 saturated heterocycles. The van der Waals surface area contributed by atoms with Gasteiger partial charge in [0.1, 0.15) is 0 Å². The van der Waals surface area contributed by atoms with Crippen LogP contribution in [0, 0.1) is 40.4 Å². The molecule has 0 spiro atoms. The van der Waals surface area contributed by atoms with Crippen LogP contribution in [0.25, 0.3) is 0 Å². The topological polar surface area (TPSA) is 60.7 Å². The third-order valence-corrected chi connectivity index (χ3v) is 9.00. The number of aliphatic hydroxyl groups excluding tert-OH is 3. The van der Waals surface area contributed by atoms with E-state index in [1.165, 1.54) is 5.57 Å². The van der Waals surface area contributed by atoms with Crippen molar-refractivity contribution >= 4 is 0 Å². The molecule has 0 unspecified atom stereocenters. The summed E-state index contributed by atoms with van der Waals surface area (Å²) in [5.41, 5.74) is 1.38. The highest BCUT2D eigenvalue weighted by Crippen LogP contribution is 2.66. The summed E-state index contributed by atoms with van der Waals surface area (Å²) in [7, 11) is 0. The summed E-state index contributed by atoms with van der Waals surface area (Å²) >= 11 is 0. The summed E-state index contributed by atoms with van der Waals surface area (Å²) in [4.78, 5) is 0. The van der Waals surface area contributed by atoms with Gasteiger partial charge in [-0.05, 0) is 78.9 Å². The Kier molecular flexibility index (Phi) is 4.18. The molecule has 0 aliphatic heterocycles. The van der Waals surface area contributed by atoms with Gasteiger partial charge in [0.05, 0.1) is 18.3 Å². The van der Waals surface area contributed by atoms with E-state index in [1.54, 1.807) is 0 Å². The molecule has 25 heavy (non-hydrogen) atoms. The van der Waals surface area contributed by atoms with Crippen LogP contribution in [0.4, 0.5) is 0 Å². The Labute approximate surface area is 152 Å². The predicted molar refractivity (Wildman–Crippen MR) is 98.8 cm³/mol. The zero-order valence-corrected chi connectivity index (χ0v) is 16.3. The van der Waals surface area contributed by atoms with Crippen molar-refractivity contribution in [3.8, 4) is 0 Å². The molecule has 0 aromatic rings. The van der Waals surface area contributed by atoms with E-state index in [9.17, 15) is 15.3 Å². The Bertz CT molecular complexity index is 570. The van der Waals surface area contributed by atoms with Gasteiger partial charge < -0.3 is 15.3 Å². The second-order valence-electron chi connectivity index (χ2n) is 10.4. The highest BCUT2D eigenvalue weighted by atomic mass is 16.3. The quantitative estimate of drug-likeness (QED) is 0.635. The van der Waals surface area contributed by atoms with Crippen LogP contribution in [0.15, 0.2) is 11.6 Å². The number of hydrogen-bond acceptors (Lipinski definition) is 3. The second kappa shape index (κ2) is 5.81. The lowest BCUT2D eigenvalue weighted by Gasteiger charge is -2.58. The molecule has 0 bridgehead atoms. The van der Waals surface area contributed by atoms with Crippen molar-refractivity contribution in [3.05, 3.63) is 11.6 Å². The van der Waals surface area contributed by atoms with Crippen molar-refractivity contribution in [2.45, 2.75) is 84.5 Å². The smallest absolute Gasteiger partial charge is 0.0757 e. The van der Waals surface area contributed by atoms with Gasteiger partial charge in [-0.25, -0.2) is 0 Å². The molecular formula is C22H36O3. The third kappa shape index (κ3) is 2.41. The Morgan fingerprint density at radius 2 is 1.76 bits per heavy atom. The summed E-state index contributed by atoms with van der Waals surface area (Å²) in [6.45, 7) is 9.11. The summed E-state index contributed by atoms with van der Waals surface area (Å²) < 4.78 is 0. The molecule has 4 rings (SSSR count). The molecular weight excluding hydrogens is 312 g/mol. The Morgan fingerprint density at radius 3 is 2.44 bits per heavy atom. The minimum absolute atomic E-state index is 0.0486. The lowest BCUT2D eigenvalue weighted by atomic mass is 9.47. The maximum Gasteiger partial charge on any atom is 0.0757 e. The van der Waals surface area contributed by atoms with Gasteiger partial charge in [-0.15, -0.1) is 0 Å². The average Bonchev–Trinajstić information content (AvgIpc) is 2.81. The lowest BCUT2D eigenvalue weighted by Crippen LogP contribution is -2.55. The molecule has 0 aromatic heterocycles. The summed E-state index contributed by atoms with van der Waals surface area (Å²) in [6.07, 6.45) is 7.06. The van der Waals surface area contributed by atoms with Crippen LogP contribution in [0.3, 0.4) is 0 Å². The van der Waals surface area contributed by atoms with Crippen molar-refractivity contribution in [3.63, 3.8) is 0 Å². The highest BCUT2D eigenvalue weighted by Gasteiger charge is 2.62. The largest absolute Gasteiger partial charge is 0.393 e. The molecule has 0 aromatic carbocycles. The van der Waals surface area contributed by atoms with Crippen LogP contribution in [0.2, 0.25) is 0 Å². The standard InChI is InChI=1S/C22H36O3/c1-12(2)15-11-17-19-16(6-8-22(17,4)20(15)25)21(3)7-5-14(23)9-13(21)10-18(19)24/h10,12,14-20,23-25H,5-9,11H2,1-4H3/t14-,15+,16+,17+,18+,19-,20+,21+,22+/m1/s1. The molecule has 3 nitrogen and oxygen atoms in total. The van der Waals surface area contributed by atoms with E-state index in [-0.39, 0.29) is 29.0 Å². The van der Waals surface area contributed by atoms with Crippen molar-refractivity contribution in [1.29, 1.82) is 0 Å². The van der Waals surface area contributed by atoms with Crippen molar-refractivity contribution < 1.29 is 15.3 Å². The van der Waals surface area contributed by atoms with Crippen molar-refractivity contribution in [2.75, 3.05) is 0 Å². The fourth-order valence-electron chi connectivity index (χ4n) is 7.34. The van der Waals surface area contributed by atoms with E-state index < -0.39 is 6.10 Å². The van der Waals surface area contributed by atoms with E-state index in [1.807, 2.05) is 0 Å². The fraction of sp³-hybridized carbons (Fsp3) is 0.909. The molecule has 9 atom stereocenters. The average molecular weight is 349 g/mol. The summed E-state index contributed by atoms with van der Waals surface area (Å²) in [5.74, 6) is 2.01. The molecule has 4 aliphatic carbocycles.